The topological polar surface area (TPSA) is 66.5 Å². The molecule has 3 rings (SSSR count). The van der Waals surface area contributed by atoms with Gasteiger partial charge in [0, 0.05) is 28.3 Å². The molecule has 0 bridgehead atoms. The number of carbonyl (C=O) groups is 1. The molecular weight excluding hydrogens is 448 g/mol. The summed E-state index contributed by atoms with van der Waals surface area (Å²) in [6.45, 7) is -0.266. The van der Waals surface area contributed by atoms with E-state index in [1.54, 1.807) is 36.0 Å². The molecule has 1 N–H and O–H groups in total. The van der Waals surface area contributed by atoms with Gasteiger partial charge < -0.3 is 5.32 Å². The molecule has 8 heteroatoms. The molecular formula is C23H24N2O3S3. The molecule has 0 spiro atoms. The zero-order valence-corrected chi connectivity index (χ0v) is 19.8. The maximum absolute atomic E-state index is 12.7. The standard InChI is InChI=1S/C23H24N2O3S3/c1-25(31(27,28)22-14-12-20(29-2)13-15-22)16-23(26)24-19-10-8-18(9-11-19)17-30-21-6-4-3-5-7-21/h3-15H,16-17H2,1-2H3,(H,24,26). The van der Waals surface area contributed by atoms with Gasteiger partial charge in [-0.25, -0.2) is 8.42 Å². The largest absolute Gasteiger partial charge is 0.325 e. The van der Waals surface area contributed by atoms with Crippen LogP contribution in [0.15, 0.2) is 93.5 Å². The van der Waals surface area contributed by atoms with Crippen LogP contribution >= 0.6 is 23.5 Å². The fourth-order valence-electron chi connectivity index (χ4n) is 2.78. The second-order valence-corrected chi connectivity index (χ2v) is 10.8. The Kier molecular flexibility index (Phi) is 8.20. The van der Waals surface area contributed by atoms with Crippen molar-refractivity contribution in [2.24, 2.45) is 0 Å². The lowest BCUT2D eigenvalue weighted by molar-refractivity contribution is -0.116. The maximum atomic E-state index is 12.7. The van der Waals surface area contributed by atoms with E-state index in [4.69, 9.17) is 0 Å². The van der Waals surface area contributed by atoms with Gasteiger partial charge in [-0.15, -0.1) is 23.5 Å². The number of nitrogens with one attached hydrogen (secondary N) is 1. The molecule has 0 unspecified atom stereocenters. The smallest absolute Gasteiger partial charge is 0.243 e. The molecule has 0 radical (unpaired) electrons. The number of benzene rings is 3. The fraction of sp³-hybridized carbons (Fsp3) is 0.174. The third-order valence-electron chi connectivity index (χ3n) is 4.52. The van der Waals surface area contributed by atoms with Crippen molar-refractivity contribution in [2.45, 2.75) is 20.4 Å². The van der Waals surface area contributed by atoms with Gasteiger partial charge in [-0.1, -0.05) is 30.3 Å². The molecule has 0 aliphatic rings. The Balaban J connectivity index is 1.54. The summed E-state index contributed by atoms with van der Waals surface area (Å²) in [5.74, 6) is 0.437. The molecule has 0 heterocycles. The van der Waals surface area contributed by atoms with Crippen molar-refractivity contribution in [3.63, 3.8) is 0 Å². The zero-order valence-electron chi connectivity index (χ0n) is 17.3. The van der Waals surface area contributed by atoms with Crippen molar-refractivity contribution >= 4 is 45.1 Å². The summed E-state index contributed by atoms with van der Waals surface area (Å²) in [6.07, 6.45) is 1.93. The van der Waals surface area contributed by atoms with Crippen LogP contribution in [0.4, 0.5) is 5.69 Å². The minimum absolute atomic E-state index is 0.167. The summed E-state index contributed by atoms with van der Waals surface area (Å²) in [4.78, 5) is 14.7. The molecule has 3 aromatic carbocycles. The first-order valence-corrected chi connectivity index (χ1v) is 13.2. The summed E-state index contributed by atoms with van der Waals surface area (Å²) < 4.78 is 26.4. The molecule has 1 amide bonds. The minimum atomic E-state index is -3.73. The van der Waals surface area contributed by atoms with Crippen LogP contribution in [0.25, 0.3) is 0 Å². The van der Waals surface area contributed by atoms with Crippen LogP contribution in [0, 0.1) is 0 Å². The Bertz CT molecular complexity index is 1100. The molecule has 0 atom stereocenters. The first-order chi connectivity index (χ1) is 14.9. The van der Waals surface area contributed by atoms with E-state index in [9.17, 15) is 13.2 Å². The van der Waals surface area contributed by atoms with Crippen LogP contribution in [-0.4, -0.2) is 38.5 Å². The van der Waals surface area contributed by atoms with Crippen LogP contribution in [0.5, 0.6) is 0 Å². The van der Waals surface area contributed by atoms with Crippen molar-refractivity contribution in [3.05, 3.63) is 84.4 Å². The van der Waals surface area contributed by atoms with Gasteiger partial charge in [0.25, 0.3) is 0 Å². The fourth-order valence-corrected chi connectivity index (χ4v) is 5.19. The maximum Gasteiger partial charge on any atom is 0.243 e. The van der Waals surface area contributed by atoms with Gasteiger partial charge in [0.2, 0.25) is 15.9 Å². The molecule has 5 nitrogen and oxygen atoms in total. The number of carbonyl (C=O) groups excluding carboxylic acids is 1. The van der Waals surface area contributed by atoms with E-state index in [1.165, 1.54) is 23.7 Å². The van der Waals surface area contributed by atoms with Crippen molar-refractivity contribution in [2.75, 3.05) is 25.2 Å². The molecule has 0 aliphatic carbocycles. The molecule has 0 aromatic heterocycles. The van der Waals surface area contributed by atoms with E-state index in [0.29, 0.717) is 5.69 Å². The van der Waals surface area contributed by atoms with Gasteiger partial charge in [0.05, 0.1) is 11.4 Å². The van der Waals surface area contributed by atoms with E-state index < -0.39 is 15.9 Å². The van der Waals surface area contributed by atoms with E-state index in [1.807, 2.05) is 48.7 Å². The Labute approximate surface area is 192 Å². The van der Waals surface area contributed by atoms with Crippen molar-refractivity contribution < 1.29 is 13.2 Å². The number of likely N-dealkylation sites (N-methyl/N-ethyl adjacent to an activating group) is 1. The molecule has 31 heavy (non-hydrogen) atoms. The van der Waals surface area contributed by atoms with Crippen LogP contribution in [-0.2, 0) is 20.6 Å². The third-order valence-corrected chi connectivity index (χ3v) is 8.16. The Morgan fingerprint density at radius 2 is 1.55 bits per heavy atom. The average Bonchev–Trinajstić information content (AvgIpc) is 2.79. The number of nitrogens with zero attached hydrogens (tertiary/aromatic N) is 1. The average molecular weight is 473 g/mol. The molecule has 162 valence electrons. The van der Waals surface area contributed by atoms with E-state index >= 15 is 0 Å². The van der Waals surface area contributed by atoms with Gasteiger partial charge in [-0.2, -0.15) is 4.31 Å². The van der Waals surface area contributed by atoms with Crippen LogP contribution < -0.4 is 5.32 Å². The zero-order chi connectivity index (χ0) is 22.3. The molecule has 0 aliphatic heterocycles. The number of rotatable bonds is 9. The summed E-state index contributed by atoms with van der Waals surface area (Å²) in [7, 11) is -2.33. The third kappa shape index (κ3) is 6.61. The molecule has 0 saturated heterocycles. The Hall–Kier alpha value is -2.26. The van der Waals surface area contributed by atoms with E-state index in [-0.39, 0.29) is 11.4 Å². The lowest BCUT2D eigenvalue weighted by Gasteiger charge is -2.17. The highest BCUT2D eigenvalue weighted by atomic mass is 32.2. The quantitative estimate of drug-likeness (QED) is 0.446. The van der Waals surface area contributed by atoms with Gasteiger partial charge in [0.15, 0.2) is 0 Å². The summed E-state index contributed by atoms with van der Waals surface area (Å²) >= 11 is 3.28. The number of thioether (sulfide) groups is 2. The predicted molar refractivity (Wildman–Crippen MR) is 129 cm³/mol. The van der Waals surface area contributed by atoms with Crippen LogP contribution in [0.1, 0.15) is 5.56 Å². The number of hydrogen-bond acceptors (Lipinski definition) is 5. The molecule has 3 aromatic rings. The SMILES string of the molecule is CSc1ccc(S(=O)(=O)N(C)CC(=O)Nc2ccc(CSc3ccccc3)cc2)cc1. The second kappa shape index (κ2) is 10.9. The Morgan fingerprint density at radius 3 is 2.16 bits per heavy atom. The number of sulfonamides is 1. The first kappa shape index (κ1) is 23.4. The second-order valence-electron chi connectivity index (χ2n) is 6.78. The van der Waals surface area contributed by atoms with Gasteiger partial charge >= 0.3 is 0 Å². The number of amides is 1. The normalized spacial score (nSPS) is 11.5. The summed E-state index contributed by atoms with van der Waals surface area (Å²) in [5, 5.41) is 2.76. The van der Waals surface area contributed by atoms with Crippen molar-refractivity contribution in [1.29, 1.82) is 0 Å². The number of anilines is 1. The predicted octanol–water partition coefficient (Wildman–Crippen LogP) is 4.96. The van der Waals surface area contributed by atoms with Gasteiger partial charge in [0.1, 0.15) is 0 Å². The first-order valence-electron chi connectivity index (χ1n) is 9.55. The highest BCUT2D eigenvalue weighted by Crippen LogP contribution is 2.23. The van der Waals surface area contributed by atoms with E-state index in [0.717, 1.165) is 20.5 Å². The Morgan fingerprint density at radius 1 is 0.903 bits per heavy atom. The molecule has 0 fully saturated rings. The summed E-state index contributed by atoms with van der Waals surface area (Å²) in [5.41, 5.74) is 1.77. The highest BCUT2D eigenvalue weighted by molar-refractivity contribution is 7.98. The van der Waals surface area contributed by atoms with Crippen LogP contribution in [0.3, 0.4) is 0 Å². The van der Waals surface area contributed by atoms with Gasteiger partial charge in [-0.05, 0) is 60.4 Å². The van der Waals surface area contributed by atoms with E-state index in [2.05, 4.69) is 17.4 Å². The highest BCUT2D eigenvalue weighted by Gasteiger charge is 2.23. The van der Waals surface area contributed by atoms with Crippen molar-refractivity contribution in [1.82, 2.24) is 4.31 Å². The van der Waals surface area contributed by atoms with Crippen LogP contribution in [0.2, 0.25) is 0 Å². The lowest BCUT2D eigenvalue weighted by Crippen LogP contribution is -2.34. The van der Waals surface area contributed by atoms with Crippen molar-refractivity contribution in [3.8, 4) is 0 Å². The number of hydrogen-bond donors (Lipinski definition) is 1. The minimum Gasteiger partial charge on any atom is -0.325 e. The summed E-state index contributed by atoms with van der Waals surface area (Å²) in [6, 6.07) is 24.3. The lowest BCUT2D eigenvalue weighted by atomic mass is 10.2. The monoisotopic (exact) mass is 472 g/mol. The van der Waals surface area contributed by atoms with Gasteiger partial charge in [-0.3, -0.25) is 4.79 Å². The molecule has 0 saturated carbocycles.